The van der Waals surface area contributed by atoms with Crippen molar-refractivity contribution < 1.29 is 18.9 Å². The second-order valence-corrected chi connectivity index (χ2v) is 7.33. The average Bonchev–Trinajstić information content (AvgIpc) is 2.81. The van der Waals surface area contributed by atoms with Crippen LogP contribution in [-0.4, -0.2) is 84.2 Å². The Bertz CT molecular complexity index is 657. The maximum Gasteiger partial charge on any atom is 0.191 e. The largest absolute Gasteiger partial charge is 0.493 e. The topological polar surface area (TPSA) is 76.6 Å². The fourth-order valence-electron chi connectivity index (χ4n) is 3.58. The van der Waals surface area contributed by atoms with Crippen molar-refractivity contribution in [2.24, 2.45) is 4.99 Å². The van der Waals surface area contributed by atoms with Crippen LogP contribution >= 0.6 is 24.0 Å². The fourth-order valence-corrected chi connectivity index (χ4v) is 3.58. The summed E-state index contributed by atoms with van der Waals surface area (Å²) in [6.07, 6.45) is 2.09. The number of aliphatic imine (C=N–C) groups is 1. The van der Waals surface area contributed by atoms with Crippen LogP contribution in [-0.2, 0) is 9.47 Å². The van der Waals surface area contributed by atoms with Gasteiger partial charge in [0.25, 0.3) is 0 Å². The van der Waals surface area contributed by atoms with Gasteiger partial charge in [-0.2, -0.15) is 0 Å². The quantitative estimate of drug-likeness (QED) is 0.165. The molecular weight excluding hydrogens is 523 g/mol. The molecule has 8 nitrogen and oxygen atoms in total. The standard InChI is InChI=1S/C23H40N4O4.HI/c1-5-24-23(25-11-7-8-14-30-6-2)26-18-20(27-12-15-31-16-13-27)19-9-10-21(28-3)22(17-19)29-4;/h9-10,17,20H,5-8,11-16,18H2,1-4H3,(H2,24,25,26);1H. The van der Waals surface area contributed by atoms with Gasteiger partial charge in [0.1, 0.15) is 0 Å². The van der Waals surface area contributed by atoms with Crippen molar-refractivity contribution in [3.8, 4) is 11.5 Å². The van der Waals surface area contributed by atoms with Crippen LogP contribution in [0.2, 0.25) is 0 Å². The number of guanidine groups is 1. The van der Waals surface area contributed by atoms with Crippen LogP contribution in [0.4, 0.5) is 0 Å². The van der Waals surface area contributed by atoms with Gasteiger partial charge in [-0.1, -0.05) is 6.07 Å². The van der Waals surface area contributed by atoms with E-state index in [2.05, 4.69) is 34.6 Å². The van der Waals surface area contributed by atoms with E-state index in [0.717, 1.165) is 88.5 Å². The Morgan fingerprint density at radius 3 is 2.50 bits per heavy atom. The van der Waals surface area contributed by atoms with Crippen LogP contribution in [0, 0.1) is 0 Å². The molecule has 0 radical (unpaired) electrons. The summed E-state index contributed by atoms with van der Waals surface area (Å²) in [6, 6.07) is 6.26. The third-order valence-corrected chi connectivity index (χ3v) is 5.26. The molecule has 1 aliphatic rings. The van der Waals surface area contributed by atoms with Gasteiger partial charge in [-0.25, -0.2) is 0 Å². The molecule has 2 rings (SSSR count). The lowest BCUT2D eigenvalue weighted by atomic mass is 10.0. The van der Waals surface area contributed by atoms with Crippen molar-refractivity contribution in [2.45, 2.75) is 32.7 Å². The van der Waals surface area contributed by atoms with Gasteiger partial charge in [-0.05, 0) is 44.4 Å². The molecule has 184 valence electrons. The summed E-state index contributed by atoms with van der Waals surface area (Å²) in [6.45, 7) is 11.3. The molecule has 1 unspecified atom stereocenters. The van der Waals surface area contributed by atoms with Crippen molar-refractivity contribution in [3.05, 3.63) is 23.8 Å². The minimum absolute atomic E-state index is 0. The lowest BCUT2D eigenvalue weighted by Crippen LogP contribution is -2.42. The molecule has 1 heterocycles. The molecule has 2 N–H and O–H groups in total. The van der Waals surface area contributed by atoms with Gasteiger partial charge in [0.05, 0.1) is 40.0 Å². The van der Waals surface area contributed by atoms with E-state index in [-0.39, 0.29) is 30.0 Å². The Labute approximate surface area is 210 Å². The summed E-state index contributed by atoms with van der Waals surface area (Å²) >= 11 is 0. The first-order valence-electron chi connectivity index (χ1n) is 11.4. The number of unbranched alkanes of at least 4 members (excludes halogenated alkanes) is 1. The van der Waals surface area contributed by atoms with Crippen molar-refractivity contribution in [3.63, 3.8) is 0 Å². The number of hydrogen-bond donors (Lipinski definition) is 2. The molecule has 0 saturated carbocycles. The number of methoxy groups -OCH3 is 2. The van der Waals surface area contributed by atoms with Gasteiger partial charge >= 0.3 is 0 Å². The zero-order chi connectivity index (χ0) is 22.3. The van der Waals surface area contributed by atoms with Crippen LogP contribution in [0.15, 0.2) is 23.2 Å². The highest BCUT2D eigenvalue weighted by Crippen LogP contribution is 2.32. The van der Waals surface area contributed by atoms with E-state index in [1.54, 1.807) is 14.2 Å². The maximum absolute atomic E-state index is 5.57. The Morgan fingerprint density at radius 2 is 1.84 bits per heavy atom. The average molecular weight is 565 g/mol. The van der Waals surface area contributed by atoms with Crippen LogP contribution in [0.3, 0.4) is 0 Å². The highest BCUT2D eigenvalue weighted by Gasteiger charge is 2.24. The molecule has 1 aliphatic heterocycles. The SMILES string of the molecule is CCNC(=NCC(c1ccc(OC)c(OC)c1)N1CCOCC1)NCCCCOCC.I. The van der Waals surface area contributed by atoms with Crippen LogP contribution in [0.1, 0.15) is 38.3 Å². The normalized spacial score (nSPS) is 15.6. The van der Waals surface area contributed by atoms with Gasteiger partial charge in [0, 0.05) is 39.4 Å². The van der Waals surface area contributed by atoms with Gasteiger partial charge in [-0.3, -0.25) is 9.89 Å². The highest BCUT2D eigenvalue weighted by atomic mass is 127. The maximum atomic E-state index is 5.57. The van der Waals surface area contributed by atoms with Crippen LogP contribution in [0.5, 0.6) is 11.5 Å². The molecule has 0 aromatic heterocycles. The third-order valence-electron chi connectivity index (χ3n) is 5.26. The first-order chi connectivity index (χ1) is 15.2. The monoisotopic (exact) mass is 564 g/mol. The molecule has 1 atom stereocenters. The number of nitrogens with one attached hydrogen (secondary N) is 2. The van der Waals surface area contributed by atoms with Crippen LogP contribution < -0.4 is 20.1 Å². The van der Waals surface area contributed by atoms with Crippen molar-refractivity contribution in [1.29, 1.82) is 0 Å². The first-order valence-corrected chi connectivity index (χ1v) is 11.4. The molecule has 0 amide bonds. The van der Waals surface area contributed by atoms with Crippen LogP contribution in [0.25, 0.3) is 0 Å². The molecule has 1 aromatic rings. The number of halogens is 1. The van der Waals surface area contributed by atoms with Gasteiger partial charge in [0.2, 0.25) is 0 Å². The van der Waals surface area contributed by atoms with E-state index in [1.165, 1.54) is 0 Å². The first kappa shape index (κ1) is 28.7. The molecule has 0 bridgehead atoms. The summed E-state index contributed by atoms with van der Waals surface area (Å²) in [5.74, 6) is 2.32. The number of nitrogens with zero attached hydrogens (tertiary/aromatic N) is 2. The Kier molecular flexibility index (Phi) is 15.5. The Hall–Kier alpha value is -1.30. The summed E-state index contributed by atoms with van der Waals surface area (Å²) in [4.78, 5) is 7.34. The molecular formula is C23H41IN4O4. The number of benzene rings is 1. The van der Waals surface area contributed by atoms with E-state index < -0.39 is 0 Å². The minimum Gasteiger partial charge on any atom is -0.493 e. The predicted octanol–water partition coefficient (Wildman–Crippen LogP) is 3.07. The van der Waals surface area contributed by atoms with E-state index >= 15 is 0 Å². The number of morpholine rings is 1. The molecule has 1 aromatic carbocycles. The summed E-state index contributed by atoms with van der Waals surface area (Å²) < 4.78 is 21.9. The van der Waals surface area contributed by atoms with Gasteiger partial charge < -0.3 is 29.6 Å². The Balaban J connectivity index is 0.00000512. The van der Waals surface area contributed by atoms with Crippen molar-refractivity contribution in [2.75, 3.05) is 73.4 Å². The smallest absolute Gasteiger partial charge is 0.191 e. The Morgan fingerprint density at radius 1 is 1.09 bits per heavy atom. The lowest BCUT2D eigenvalue weighted by molar-refractivity contribution is 0.0179. The van der Waals surface area contributed by atoms with Crippen molar-refractivity contribution >= 4 is 29.9 Å². The molecule has 1 fully saturated rings. The number of hydrogen-bond acceptors (Lipinski definition) is 6. The third kappa shape index (κ3) is 9.68. The van der Waals surface area contributed by atoms with E-state index in [1.807, 2.05) is 13.0 Å². The van der Waals surface area contributed by atoms with E-state index in [0.29, 0.717) is 6.54 Å². The second-order valence-electron chi connectivity index (χ2n) is 7.33. The zero-order valence-corrected chi connectivity index (χ0v) is 22.4. The summed E-state index contributed by atoms with van der Waals surface area (Å²) in [7, 11) is 3.33. The van der Waals surface area contributed by atoms with E-state index in [9.17, 15) is 0 Å². The van der Waals surface area contributed by atoms with Gasteiger partial charge in [-0.15, -0.1) is 24.0 Å². The lowest BCUT2D eigenvalue weighted by Gasteiger charge is -2.34. The molecule has 1 saturated heterocycles. The zero-order valence-electron chi connectivity index (χ0n) is 20.0. The number of ether oxygens (including phenoxy) is 4. The van der Waals surface area contributed by atoms with Gasteiger partial charge in [0.15, 0.2) is 17.5 Å². The van der Waals surface area contributed by atoms with Crippen molar-refractivity contribution in [1.82, 2.24) is 15.5 Å². The molecule has 0 aliphatic carbocycles. The van der Waals surface area contributed by atoms with E-state index in [4.69, 9.17) is 23.9 Å². The molecule has 0 spiro atoms. The summed E-state index contributed by atoms with van der Waals surface area (Å²) in [5.41, 5.74) is 1.16. The number of rotatable bonds is 13. The second kappa shape index (κ2) is 17.2. The molecule has 9 heteroatoms. The summed E-state index contributed by atoms with van der Waals surface area (Å²) in [5, 5.41) is 6.80. The fraction of sp³-hybridized carbons (Fsp3) is 0.696. The highest BCUT2D eigenvalue weighted by molar-refractivity contribution is 14.0. The molecule has 32 heavy (non-hydrogen) atoms. The minimum atomic E-state index is 0. The predicted molar refractivity (Wildman–Crippen MR) is 140 cm³/mol.